The fourth-order valence-corrected chi connectivity index (χ4v) is 3.12. The number of aliphatic hydroxyl groups is 1. The largest absolute Gasteiger partial charge is 0.444 e. The molecule has 0 aromatic heterocycles. The summed E-state index contributed by atoms with van der Waals surface area (Å²) in [6.45, 7) is 16.3. The highest BCUT2D eigenvalue weighted by Gasteiger charge is 2.38. The van der Waals surface area contributed by atoms with Crippen molar-refractivity contribution in [1.82, 2.24) is 5.32 Å². The zero-order chi connectivity index (χ0) is 20.2. The first-order chi connectivity index (χ1) is 11.7. The van der Waals surface area contributed by atoms with E-state index in [1.54, 1.807) is 20.8 Å². The number of hydrogen-bond acceptors (Lipinski definition) is 4. The number of alkyl carbamates (subject to hydrolysis) is 1. The monoisotopic (exact) mass is 381 g/mol. The summed E-state index contributed by atoms with van der Waals surface area (Å²) in [5.41, 5.74) is 0.207. The first-order valence-corrected chi connectivity index (χ1v) is 12.0. The van der Waals surface area contributed by atoms with E-state index in [4.69, 9.17) is 9.16 Å². The molecule has 26 heavy (non-hydrogen) atoms. The average molecular weight is 382 g/mol. The minimum Gasteiger partial charge on any atom is -0.444 e. The molecular weight excluding hydrogens is 346 g/mol. The smallest absolute Gasteiger partial charge is 0.408 e. The van der Waals surface area contributed by atoms with Crippen LogP contribution in [-0.2, 0) is 9.16 Å². The summed E-state index contributed by atoms with van der Waals surface area (Å²) >= 11 is 0. The molecular formula is C20H35NO4Si. The number of ether oxygens (including phenoxy) is 1. The van der Waals surface area contributed by atoms with E-state index >= 15 is 0 Å². The van der Waals surface area contributed by atoms with E-state index in [0.717, 1.165) is 5.56 Å². The molecule has 1 aromatic carbocycles. The topological polar surface area (TPSA) is 67.8 Å². The minimum atomic E-state index is -2.00. The lowest BCUT2D eigenvalue weighted by atomic mass is 10.0. The second-order valence-corrected chi connectivity index (χ2v) is 14.0. The molecule has 0 aliphatic carbocycles. The Morgan fingerprint density at radius 2 is 1.65 bits per heavy atom. The highest BCUT2D eigenvalue weighted by Crippen LogP contribution is 2.36. The minimum absolute atomic E-state index is 0.0492. The molecule has 0 saturated heterocycles. The Hall–Kier alpha value is -1.37. The van der Waals surface area contributed by atoms with Gasteiger partial charge in [0.05, 0.1) is 12.6 Å². The lowest BCUT2D eigenvalue weighted by Crippen LogP contribution is -2.46. The maximum Gasteiger partial charge on any atom is 0.408 e. The van der Waals surface area contributed by atoms with Gasteiger partial charge in [-0.15, -0.1) is 0 Å². The van der Waals surface area contributed by atoms with Gasteiger partial charge >= 0.3 is 6.09 Å². The van der Waals surface area contributed by atoms with Crippen molar-refractivity contribution in [2.24, 2.45) is 0 Å². The van der Waals surface area contributed by atoms with Gasteiger partial charge < -0.3 is 19.6 Å². The van der Waals surface area contributed by atoms with Crippen molar-refractivity contribution in [3.8, 4) is 0 Å². The van der Waals surface area contributed by atoms with Gasteiger partial charge in [0, 0.05) is 0 Å². The number of benzene rings is 1. The number of hydrogen-bond donors (Lipinski definition) is 2. The molecule has 2 atom stereocenters. The molecule has 0 radical (unpaired) electrons. The molecule has 0 fully saturated rings. The number of aliphatic hydroxyl groups excluding tert-OH is 1. The predicted molar refractivity (Wildman–Crippen MR) is 108 cm³/mol. The summed E-state index contributed by atoms with van der Waals surface area (Å²) in [7, 11) is -2.00. The van der Waals surface area contributed by atoms with Gasteiger partial charge in [-0.05, 0) is 44.5 Å². The van der Waals surface area contributed by atoms with Crippen LogP contribution < -0.4 is 5.32 Å². The Labute approximate surface area is 159 Å². The molecule has 6 heteroatoms. The third kappa shape index (κ3) is 7.09. The van der Waals surface area contributed by atoms with Gasteiger partial charge in [0.1, 0.15) is 11.7 Å². The molecule has 1 aromatic rings. The summed E-state index contributed by atoms with van der Waals surface area (Å²) in [5, 5.41) is 13.6. The van der Waals surface area contributed by atoms with Crippen molar-refractivity contribution < 1.29 is 19.1 Å². The van der Waals surface area contributed by atoms with E-state index in [0.29, 0.717) is 0 Å². The summed E-state index contributed by atoms with van der Waals surface area (Å²) in [6, 6.07) is 8.79. The van der Waals surface area contributed by atoms with Crippen molar-refractivity contribution >= 4 is 14.4 Å². The van der Waals surface area contributed by atoms with E-state index in [1.807, 2.05) is 30.3 Å². The van der Waals surface area contributed by atoms with Crippen LogP contribution in [0.4, 0.5) is 4.79 Å². The van der Waals surface area contributed by atoms with Crippen LogP contribution >= 0.6 is 0 Å². The predicted octanol–water partition coefficient (Wildman–Crippen LogP) is 4.64. The van der Waals surface area contributed by atoms with Gasteiger partial charge in [-0.25, -0.2) is 4.79 Å². The van der Waals surface area contributed by atoms with E-state index < -0.39 is 32.2 Å². The SMILES string of the molecule is CC(C)(C)OC(=O)N[C@H](c1ccccc1)[C@@H](O)CO[Si](C)(C)C(C)(C)C. The van der Waals surface area contributed by atoms with E-state index in [9.17, 15) is 9.90 Å². The fourth-order valence-electron chi connectivity index (χ4n) is 2.10. The number of amides is 1. The molecule has 5 nitrogen and oxygen atoms in total. The third-order valence-electron chi connectivity index (χ3n) is 4.64. The second-order valence-electron chi connectivity index (χ2n) is 9.17. The molecule has 0 unspecified atom stereocenters. The summed E-state index contributed by atoms with van der Waals surface area (Å²) < 4.78 is 11.5. The molecule has 0 spiro atoms. The maximum atomic E-state index is 12.2. The highest BCUT2D eigenvalue weighted by molar-refractivity contribution is 6.74. The van der Waals surface area contributed by atoms with Crippen molar-refractivity contribution in [3.63, 3.8) is 0 Å². The van der Waals surface area contributed by atoms with Crippen LogP contribution in [0, 0.1) is 0 Å². The average Bonchev–Trinajstić information content (AvgIpc) is 2.48. The van der Waals surface area contributed by atoms with E-state index in [2.05, 4.69) is 39.2 Å². The molecule has 148 valence electrons. The van der Waals surface area contributed by atoms with Gasteiger partial charge in [-0.2, -0.15) is 0 Å². The van der Waals surface area contributed by atoms with Crippen LogP contribution in [0.15, 0.2) is 30.3 Å². The zero-order valence-electron chi connectivity index (χ0n) is 17.4. The Morgan fingerprint density at radius 1 is 1.12 bits per heavy atom. The van der Waals surface area contributed by atoms with Crippen LogP contribution in [0.1, 0.15) is 53.1 Å². The standard InChI is InChI=1S/C20H35NO4Si/c1-19(2,3)25-18(23)21-17(15-12-10-9-11-13-15)16(22)14-24-26(7,8)20(4,5)6/h9-13,16-17,22H,14H2,1-8H3,(H,21,23)/t16-,17+/m0/s1. The van der Waals surface area contributed by atoms with Crippen LogP contribution in [0.2, 0.25) is 18.1 Å². The van der Waals surface area contributed by atoms with Crippen molar-refractivity contribution in [1.29, 1.82) is 0 Å². The summed E-state index contributed by atoms with van der Waals surface area (Å²) in [4.78, 5) is 12.2. The Balaban J connectivity index is 2.90. The molecule has 0 aliphatic rings. The molecule has 0 heterocycles. The lowest BCUT2D eigenvalue weighted by molar-refractivity contribution is 0.0330. The number of carbonyl (C=O) groups is 1. The fraction of sp³-hybridized carbons (Fsp3) is 0.650. The van der Waals surface area contributed by atoms with Crippen molar-refractivity contribution in [2.45, 2.75) is 77.4 Å². The highest BCUT2D eigenvalue weighted by atomic mass is 28.4. The molecule has 1 amide bonds. The zero-order valence-corrected chi connectivity index (χ0v) is 18.4. The third-order valence-corrected chi connectivity index (χ3v) is 9.14. The van der Waals surface area contributed by atoms with E-state index in [-0.39, 0.29) is 11.6 Å². The number of carbonyl (C=O) groups excluding carboxylic acids is 1. The van der Waals surface area contributed by atoms with Gasteiger partial charge in [-0.3, -0.25) is 0 Å². The molecule has 2 N–H and O–H groups in total. The van der Waals surface area contributed by atoms with Crippen LogP contribution in [-0.4, -0.2) is 37.8 Å². The first kappa shape index (κ1) is 22.7. The number of rotatable bonds is 6. The molecule has 0 bridgehead atoms. The maximum absolute atomic E-state index is 12.2. The Morgan fingerprint density at radius 3 is 2.12 bits per heavy atom. The van der Waals surface area contributed by atoms with Gasteiger partial charge in [-0.1, -0.05) is 51.1 Å². The van der Waals surface area contributed by atoms with Gasteiger partial charge in [0.2, 0.25) is 0 Å². The van der Waals surface area contributed by atoms with Crippen molar-refractivity contribution in [2.75, 3.05) is 6.61 Å². The number of nitrogens with one attached hydrogen (secondary N) is 1. The van der Waals surface area contributed by atoms with Crippen LogP contribution in [0.3, 0.4) is 0 Å². The first-order valence-electron chi connectivity index (χ1n) is 9.09. The lowest BCUT2D eigenvalue weighted by Gasteiger charge is -2.37. The summed E-state index contributed by atoms with van der Waals surface area (Å²) in [5.74, 6) is 0. The second kappa shape index (κ2) is 8.54. The summed E-state index contributed by atoms with van der Waals surface area (Å²) in [6.07, 6.45) is -1.43. The Kier molecular flexibility index (Phi) is 7.45. The van der Waals surface area contributed by atoms with Gasteiger partial charge in [0.15, 0.2) is 8.32 Å². The normalized spacial score (nSPS) is 15.3. The van der Waals surface area contributed by atoms with Crippen molar-refractivity contribution in [3.05, 3.63) is 35.9 Å². The molecule has 0 aliphatic heterocycles. The van der Waals surface area contributed by atoms with E-state index in [1.165, 1.54) is 0 Å². The Bertz CT molecular complexity index is 576. The molecule has 0 saturated carbocycles. The van der Waals surface area contributed by atoms with Crippen LogP contribution in [0.25, 0.3) is 0 Å². The quantitative estimate of drug-likeness (QED) is 0.705. The van der Waals surface area contributed by atoms with Gasteiger partial charge in [0.25, 0.3) is 0 Å². The molecule has 1 rings (SSSR count). The van der Waals surface area contributed by atoms with Crippen LogP contribution in [0.5, 0.6) is 0 Å².